The molecule has 2 aromatic carbocycles. The Morgan fingerprint density at radius 2 is 1.64 bits per heavy atom. The summed E-state index contributed by atoms with van der Waals surface area (Å²) < 4.78 is 27.4. The Morgan fingerprint density at radius 3 is 2.21 bits per heavy atom. The Bertz CT molecular complexity index is 962. The molecule has 28 heavy (non-hydrogen) atoms. The fourth-order valence-corrected chi connectivity index (χ4v) is 5.14. The van der Waals surface area contributed by atoms with Gasteiger partial charge in [0.25, 0.3) is 0 Å². The van der Waals surface area contributed by atoms with E-state index in [0.29, 0.717) is 13.1 Å². The Labute approximate surface area is 168 Å². The van der Waals surface area contributed by atoms with Gasteiger partial charge in [-0.3, -0.25) is 0 Å². The minimum absolute atomic E-state index is 0.110. The highest BCUT2D eigenvalue weighted by molar-refractivity contribution is 7.89. The molecule has 0 bridgehead atoms. The molecule has 0 radical (unpaired) electrons. The molecule has 0 atom stereocenters. The van der Waals surface area contributed by atoms with Crippen molar-refractivity contribution < 1.29 is 13.3 Å². The largest absolute Gasteiger partial charge is 0.329 e. The maximum atomic E-state index is 12.9. The highest BCUT2D eigenvalue weighted by Gasteiger charge is 2.31. The summed E-state index contributed by atoms with van der Waals surface area (Å²) in [6, 6.07) is 17.1. The van der Waals surface area contributed by atoms with Gasteiger partial charge in [0, 0.05) is 5.56 Å². The molecule has 1 fully saturated rings. The molecule has 0 amide bonds. The number of nitrogens with one attached hydrogen (secondary N) is 1. The Morgan fingerprint density at radius 1 is 1.04 bits per heavy atom. The van der Waals surface area contributed by atoms with Crippen LogP contribution in [0.3, 0.4) is 0 Å². The first-order chi connectivity index (χ1) is 13.2. The minimum atomic E-state index is -3.63. The molecule has 2 aromatic rings. The number of nitrogens with zero attached hydrogens (tertiary/aromatic N) is 2. The summed E-state index contributed by atoms with van der Waals surface area (Å²) in [5.74, 6) is 0. The monoisotopic (exact) mass is 398 g/mol. The number of hydrogen-bond donors (Lipinski definition) is 1. The number of piperazine rings is 1. The molecular weight excluding hydrogens is 370 g/mol. The van der Waals surface area contributed by atoms with Crippen LogP contribution < -0.4 is 4.90 Å². The van der Waals surface area contributed by atoms with E-state index in [1.54, 1.807) is 18.2 Å². The fourth-order valence-electron chi connectivity index (χ4n) is 3.55. The van der Waals surface area contributed by atoms with E-state index < -0.39 is 10.0 Å². The van der Waals surface area contributed by atoms with Crippen molar-refractivity contribution in [2.45, 2.75) is 37.6 Å². The number of hydrogen-bond acceptors (Lipinski definition) is 3. The van der Waals surface area contributed by atoms with Crippen LogP contribution in [0.4, 0.5) is 0 Å². The summed E-state index contributed by atoms with van der Waals surface area (Å²) in [5, 5.41) is 9.22. The second kappa shape index (κ2) is 8.04. The van der Waals surface area contributed by atoms with Gasteiger partial charge in [-0.05, 0) is 23.1 Å². The number of nitriles is 1. The summed E-state index contributed by atoms with van der Waals surface area (Å²) in [6.45, 7) is 9.97. The number of sulfonamides is 1. The van der Waals surface area contributed by atoms with Crippen molar-refractivity contribution in [1.29, 1.82) is 5.26 Å². The molecule has 148 valence electrons. The van der Waals surface area contributed by atoms with Crippen molar-refractivity contribution in [2.75, 3.05) is 26.2 Å². The topological polar surface area (TPSA) is 65.6 Å². The van der Waals surface area contributed by atoms with Crippen LogP contribution in [-0.2, 0) is 22.0 Å². The molecule has 1 aliphatic rings. The first-order valence-corrected chi connectivity index (χ1v) is 11.1. The summed E-state index contributed by atoms with van der Waals surface area (Å²) >= 11 is 0. The molecular formula is C22H28N3O2S+. The first-order valence-electron chi connectivity index (χ1n) is 9.64. The third-order valence-corrected chi connectivity index (χ3v) is 7.29. The van der Waals surface area contributed by atoms with Crippen molar-refractivity contribution >= 4 is 10.0 Å². The van der Waals surface area contributed by atoms with Gasteiger partial charge >= 0.3 is 0 Å². The van der Waals surface area contributed by atoms with Crippen LogP contribution in [0.2, 0.25) is 0 Å². The zero-order valence-corrected chi connectivity index (χ0v) is 17.6. The highest BCUT2D eigenvalue weighted by Crippen LogP contribution is 2.22. The molecule has 1 aliphatic heterocycles. The lowest BCUT2D eigenvalue weighted by Gasteiger charge is -2.31. The van der Waals surface area contributed by atoms with Crippen LogP contribution in [0.1, 0.15) is 37.5 Å². The third-order valence-electron chi connectivity index (χ3n) is 5.33. The quantitative estimate of drug-likeness (QED) is 0.856. The van der Waals surface area contributed by atoms with Crippen molar-refractivity contribution in [2.24, 2.45) is 0 Å². The van der Waals surface area contributed by atoms with Crippen molar-refractivity contribution in [3.8, 4) is 6.07 Å². The Kier molecular flexibility index (Phi) is 5.90. The molecule has 3 rings (SSSR count). The summed E-state index contributed by atoms with van der Waals surface area (Å²) in [5.41, 5.74) is 2.94. The number of rotatable bonds is 4. The van der Waals surface area contributed by atoms with Gasteiger partial charge in [0.05, 0.1) is 36.6 Å². The van der Waals surface area contributed by atoms with Crippen molar-refractivity contribution in [1.82, 2.24) is 4.31 Å². The molecule has 6 heteroatoms. The van der Waals surface area contributed by atoms with Crippen molar-refractivity contribution in [3.63, 3.8) is 0 Å². The van der Waals surface area contributed by atoms with Crippen molar-refractivity contribution in [3.05, 3.63) is 65.2 Å². The zero-order valence-electron chi connectivity index (χ0n) is 16.8. The maximum absolute atomic E-state index is 12.9. The molecule has 0 unspecified atom stereocenters. The first kappa shape index (κ1) is 20.5. The van der Waals surface area contributed by atoms with Gasteiger partial charge in [0.15, 0.2) is 0 Å². The van der Waals surface area contributed by atoms with Gasteiger partial charge in [-0.2, -0.15) is 9.57 Å². The maximum Gasteiger partial charge on any atom is 0.244 e. The van der Waals surface area contributed by atoms with Crippen LogP contribution in [0.15, 0.2) is 53.4 Å². The summed E-state index contributed by atoms with van der Waals surface area (Å²) in [6.07, 6.45) is 0. The molecule has 0 spiro atoms. The molecule has 1 heterocycles. The lowest BCUT2D eigenvalue weighted by Crippen LogP contribution is -3.13. The third kappa shape index (κ3) is 4.44. The highest BCUT2D eigenvalue weighted by atomic mass is 32.2. The van der Waals surface area contributed by atoms with Crippen LogP contribution in [-0.4, -0.2) is 38.9 Å². The molecule has 0 aliphatic carbocycles. The lowest BCUT2D eigenvalue weighted by atomic mass is 9.87. The molecule has 1 saturated heterocycles. The van der Waals surface area contributed by atoms with Gasteiger partial charge < -0.3 is 4.90 Å². The number of quaternary nitrogens is 1. The Hall–Kier alpha value is -2.20. The van der Waals surface area contributed by atoms with E-state index in [2.05, 4.69) is 45.0 Å². The van der Waals surface area contributed by atoms with E-state index in [1.165, 1.54) is 26.4 Å². The summed E-state index contributed by atoms with van der Waals surface area (Å²) in [7, 11) is -3.63. The summed E-state index contributed by atoms with van der Waals surface area (Å²) in [4.78, 5) is 1.49. The van der Waals surface area contributed by atoms with E-state index in [9.17, 15) is 13.7 Å². The minimum Gasteiger partial charge on any atom is -0.329 e. The average Bonchev–Trinajstić information content (AvgIpc) is 2.68. The van der Waals surface area contributed by atoms with Gasteiger partial charge in [-0.15, -0.1) is 0 Å². The van der Waals surface area contributed by atoms with E-state index in [1.807, 2.05) is 6.07 Å². The predicted octanol–water partition coefficient (Wildman–Crippen LogP) is 1.95. The molecule has 0 saturated carbocycles. The van der Waals surface area contributed by atoms with Gasteiger partial charge in [-0.1, -0.05) is 57.2 Å². The van der Waals surface area contributed by atoms with Crippen LogP contribution in [0.5, 0.6) is 0 Å². The SMILES string of the molecule is CC(C)(C)c1ccc(C[NH+]2CCN(S(=O)(=O)c3ccccc3C#N)CC2)cc1. The average molecular weight is 399 g/mol. The fraction of sp³-hybridized carbons (Fsp3) is 0.409. The van der Waals surface area contributed by atoms with E-state index in [4.69, 9.17) is 0 Å². The van der Waals surface area contributed by atoms with Crippen LogP contribution in [0.25, 0.3) is 0 Å². The normalized spacial score (nSPS) is 16.6. The van der Waals surface area contributed by atoms with E-state index >= 15 is 0 Å². The van der Waals surface area contributed by atoms with Gasteiger partial charge in [0.1, 0.15) is 12.6 Å². The molecule has 5 nitrogen and oxygen atoms in total. The van der Waals surface area contributed by atoms with E-state index in [-0.39, 0.29) is 15.9 Å². The van der Waals surface area contributed by atoms with Gasteiger partial charge in [0.2, 0.25) is 10.0 Å². The second-order valence-electron chi connectivity index (χ2n) is 8.39. The zero-order chi connectivity index (χ0) is 20.4. The van der Waals surface area contributed by atoms with Crippen LogP contribution >= 0.6 is 0 Å². The van der Waals surface area contributed by atoms with Crippen LogP contribution in [0, 0.1) is 11.3 Å². The molecule has 0 aromatic heterocycles. The molecule has 1 N–H and O–H groups in total. The standard InChI is InChI=1S/C22H27N3O2S/c1-22(2,3)20-10-8-18(9-11-20)17-24-12-14-25(15-13-24)28(26,27)21-7-5-4-6-19(21)16-23/h4-11H,12-15,17H2,1-3H3/p+1. The van der Waals surface area contributed by atoms with E-state index in [0.717, 1.165) is 19.6 Å². The Balaban J connectivity index is 1.64. The van der Waals surface area contributed by atoms with Gasteiger partial charge in [-0.25, -0.2) is 8.42 Å². The predicted molar refractivity (Wildman–Crippen MR) is 109 cm³/mol. The number of benzene rings is 2. The lowest BCUT2D eigenvalue weighted by molar-refractivity contribution is -0.917. The second-order valence-corrected chi connectivity index (χ2v) is 10.3. The smallest absolute Gasteiger partial charge is 0.244 e.